The maximum absolute atomic E-state index is 13.1. The van der Waals surface area contributed by atoms with Crippen molar-refractivity contribution >= 4 is 21.4 Å². The van der Waals surface area contributed by atoms with Crippen molar-refractivity contribution in [2.45, 2.75) is 23.0 Å². The van der Waals surface area contributed by atoms with Crippen LogP contribution in [0.1, 0.15) is 17.5 Å². The van der Waals surface area contributed by atoms with Crippen molar-refractivity contribution in [2.75, 3.05) is 7.11 Å². The zero-order chi connectivity index (χ0) is 17.2. The fourth-order valence-corrected chi connectivity index (χ4v) is 4.91. The van der Waals surface area contributed by atoms with Gasteiger partial charge in [-0.25, -0.2) is 13.2 Å². The van der Waals surface area contributed by atoms with Crippen molar-refractivity contribution in [1.82, 2.24) is 0 Å². The number of ether oxygens (including phenoxy) is 1. The molecule has 2 aromatic carbocycles. The topological polar surface area (TPSA) is 60.4 Å². The molecule has 0 saturated heterocycles. The second kappa shape index (κ2) is 6.61. The zero-order valence-electron chi connectivity index (χ0n) is 13.3. The minimum Gasteiger partial charge on any atom is -0.466 e. The number of aryl methyl sites for hydroxylation is 1. The van der Waals surface area contributed by atoms with E-state index in [2.05, 4.69) is 0 Å². The van der Waals surface area contributed by atoms with E-state index in [4.69, 9.17) is 4.74 Å². The summed E-state index contributed by atoms with van der Waals surface area (Å²) < 4.78 is 30.9. The van der Waals surface area contributed by atoms with Crippen LogP contribution in [0.3, 0.4) is 0 Å². The molecule has 1 aliphatic carbocycles. The molecule has 0 bridgehead atoms. The van der Waals surface area contributed by atoms with Gasteiger partial charge in [-0.15, -0.1) is 0 Å². The Morgan fingerprint density at radius 3 is 2.46 bits per heavy atom. The third-order valence-corrected chi connectivity index (χ3v) is 6.44. The molecule has 0 amide bonds. The Bertz CT molecular complexity index is 883. The van der Waals surface area contributed by atoms with Crippen LogP contribution >= 0.6 is 0 Å². The highest BCUT2D eigenvalue weighted by atomic mass is 32.2. The Kier molecular flexibility index (Phi) is 4.53. The third kappa shape index (κ3) is 2.99. The summed E-state index contributed by atoms with van der Waals surface area (Å²) in [5.41, 5.74) is 2.36. The van der Waals surface area contributed by atoms with E-state index < -0.39 is 21.1 Å². The number of rotatable bonds is 3. The van der Waals surface area contributed by atoms with E-state index in [0.717, 1.165) is 11.1 Å². The standard InChI is InChI=1S/C19H18O4S/c1-23-19(20)13-17-16-10-6-5-7-14(16)11-12-18(17)24(21,22)15-8-3-2-4-9-15/h2-10,13,18H,11-12H2,1H3. The lowest BCUT2D eigenvalue weighted by Gasteiger charge is -2.27. The molecule has 4 nitrogen and oxygen atoms in total. The predicted molar refractivity (Wildman–Crippen MR) is 92.2 cm³/mol. The van der Waals surface area contributed by atoms with E-state index in [9.17, 15) is 13.2 Å². The summed E-state index contributed by atoms with van der Waals surface area (Å²) in [5.74, 6) is -0.546. The molecule has 0 heterocycles. The maximum atomic E-state index is 13.1. The first kappa shape index (κ1) is 16.5. The smallest absolute Gasteiger partial charge is 0.330 e. The van der Waals surface area contributed by atoms with Crippen LogP contribution in [-0.4, -0.2) is 26.7 Å². The fraction of sp³-hybridized carbons (Fsp3) is 0.211. The summed E-state index contributed by atoms with van der Waals surface area (Å²) in [4.78, 5) is 12.1. The molecule has 0 saturated carbocycles. The van der Waals surface area contributed by atoms with E-state index in [0.29, 0.717) is 18.4 Å². The molecule has 0 fully saturated rings. The Balaban J connectivity index is 2.14. The quantitative estimate of drug-likeness (QED) is 0.635. The molecular weight excluding hydrogens is 324 g/mol. The SMILES string of the molecule is COC(=O)C=C1c2ccccc2CCC1S(=O)(=O)c1ccccc1. The number of fused-ring (bicyclic) bond motifs is 1. The summed E-state index contributed by atoms with van der Waals surface area (Å²) in [6.07, 6.45) is 2.41. The highest BCUT2D eigenvalue weighted by molar-refractivity contribution is 7.92. The highest BCUT2D eigenvalue weighted by Crippen LogP contribution is 2.37. The molecule has 3 rings (SSSR count). The van der Waals surface area contributed by atoms with Gasteiger partial charge in [0.05, 0.1) is 17.3 Å². The van der Waals surface area contributed by atoms with Gasteiger partial charge in [0.15, 0.2) is 9.84 Å². The number of hydrogen-bond acceptors (Lipinski definition) is 4. The van der Waals surface area contributed by atoms with Crippen molar-refractivity contribution in [2.24, 2.45) is 0 Å². The second-order valence-electron chi connectivity index (χ2n) is 5.67. The van der Waals surface area contributed by atoms with Gasteiger partial charge in [0, 0.05) is 6.08 Å². The Morgan fingerprint density at radius 1 is 1.08 bits per heavy atom. The molecule has 124 valence electrons. The summed E-state index contributed by atoms with van der Waals surface area (Å²) in [7, 11) is -2.30. The Morgan fingerprint density at radius 2 is 1.75 bits per heavy atom. The number of hydrogen-bond donors (Lipinski definition) is 0. The normalized spacial score (nSPS) is 18.9. The molecule has 1 aliphatic rings. The van der Waals surface area contributed by atoms with E-state index in [1.54, 1.807) is 30.3 Å². The van der Waals surface area contributed by atoms with Gasteiger partial charge in [0.25, 0.3) is 0 Å². The monoisotopic (exact) mass is 342 g/mol. The van der Waals surface area contributed by atoms with Gasteiger partial charge < -0.3 is 4.74 Å². The lowest BCUT2D eigenvalue weighted by molar-refractivity contribution is -0.134. The molecule has 2 aromatic rings. The van der Waals surface area contributed by atoms with Crippen LogP contribution < -0.4 is 0 Å². The van der Waals surface area contributed by atoms with Crippen molar-refractivity contribution in [3.05, 3.63) is 71.8 Å². The lowest BCUT2D eigenvalue weighted by Crippen LogP contribution is -2.28. The van der Waals surface area contributed by atoms with Gasteiger partial charge in [-0.1, -0.05) is 42.5 Å². The molecule has 5 heteroatoms. The predicted octanol–water partition coefficient (Wildman–Crippen LogP) is 3.03. The average molecular weight is 342 g/mol. The molecule has 1 atom stereocenters. The number of carbonyl (C=O) groups excluding carboxylic acids is 1. The van der Waals surface area contributed by atoms with Crippen molar-refractivity contribution < 1.29 is 17.9 Å². The number of benzene rings is 2. The molecule has 0 aliphatic heterocycles. The molecular formula is C19H18O4S. The molecule has 0 radical (unpaired) electrons. The summed E-state index contributed by atoms with van der Waals surface area (Å²) in [6, 6.07) is 15.9. The fourth-order valence-electron chi connectivity index (χ4n) is 3.09. The second-order valence-corrected chi connectivity index (χ2v) is 7.80. The largest absolute Gasteiger partial charge is 0.466 e. The van der Waals surface area contributed by atoms with Crippen LogP contribution in [0.2, 0.25) is 0 Å². The summed E-state index contributed by atoms with van der Waals surface area (Å²) >= 11 is 0. The van der Waals surface area contributed by atoms with Crippen LogP contribution in [0.5, 0.6) is 0 Å². The first-order chi connectivity index (χ1) is 11.5. The van der Waals surface area contributed by atoms with Gasteiger partial charge in [0.2, 0.25) is 0 Å². The van der Waals surface area contributed by atoms with Gasteiger partial charge in [0.1, 0.15) is 0 Å². The Labute approximate surface area is 141 Å². The van der Waals surface area contributed by atoms with Gasteiger partial charge in [-0.2, -0.15) is 0 Å². The van der Waals surface area contributed by atoms with Crippen molar-refractivity contribution in [3.8, 4) is 0 Å². The zero-order valence-corrected chi connectivity index (χ0v) is 14.1. The number of methoxy groups -OCH3 is 1. The Hall–Kier alpha value is -2.40. The van der Waals surface area contributed by atoms with Crippen LogP contribution in [0.4, 0.5) is 0 Å². The molecule has 0 N–H and O–H groups in total. The molecule has 0 aromatic heterocycles. The number of sulfone groups is 1. The molecule has 24 heavy (non-hydrogen) atoms. The third-order valence-electron chi connectivity index (χ3n) is 4.27. The minimum atomic E-state index is -3.58. The first-order valence-electron chi connectivity index (χ1n) is 7.71. The van der Waals surface area contributed by atoms with Crippen LogP contribution in [-0.2, 0) is 25.8 Å². The first-order valence-corrected chi connectivity index (χ1v) is 9.25. The van der Waals surface area contributed by atoms with Gasteiger partial charge in [-0.05, 0) is 41.7 Å². The summed E-state index contributed by atoms with van der Waals surface area (Å²) in [5, 5.41) is -0.756. The van der Waals surface area contributed by atoms with E-state index in [-0.39, 0.29) is 4.90 Å². The van der Waals surface area contributed by atoms with E-state index in [1.807, 2.05) is 24.3 Å². The lowest BCUT2D eigenvalue weighted by atomic mass is 9.87. The molecule has 0 spiro atoms. The maximum Gasteiger partial charge on any atom is 0.330 e. The number of carbonyl (C=O) groups is 1. The van der Waals surface area contributed by atoms with Crippen LogP contribution in [0.25, 0.3) is 5.57 Å². The van der Waals surface area contributed by atoms with Crippen LogP contribution in [0, 0.1) is 0 Å². The molecule has 1 unspecified atom stereocenters. The van der Waals surface area contributed by atoms with Crippen molar-refractivity contribution in [3.63, 3.8) is 0 Å². The summed E-state index contributed by atoms with van der Waals surface area (Å²) in [6.45, 7) is 0. The van der Waals surface area contributed by atoms with E-state index >= 15 is 0 Å². The van der Waals surface area contributed by atoms with Crippen LogP contribution in [0.15, 0.2) is 65.6 Å². The average Bonchev–Trinajstić information content (AvgIpc) is 2.62. The number of esters is 1. The highest BCUT2D eigenvalue weighted by Gasteiger charge is 2.35. The minimum absolute atomic E-state index is 0.269. The van der Waals surface area contributed by atoms with Crippen molar-refractivity contribution in [1.29, 1.82) is 0 Å². The van der Waals surface area contributed by atoms with E-state index in [1.165, 1.54) is 13.2 Å². The van der Waals surface area contributed by atoms with Gasteiger partial charge in [-0.3, -0.25) is 0 Å². The van der Waals surface area contributed by atoms with Gasteiger partial charge >= 0.3 is 5.97 Å².